The Morgan fingerprint density at radius 1 is 1.45 bits per heavy atom. The Bertz CT molecular complexity index is 608. The van der Waals surface area contributed by atoms with Crippen LogP contribution in [0, 0.1) is 0 Å². The normalized spacial score (nSPS) is 26.9. The number of ether oxygens (including phenoxy) is 1. The number of aromatic amines is 1. The van der Waals surface area contributed by atoms with Gasteiger partial charge in [0, 0.05) is 12.6 Å². The predicted octanol–water partition coefficient (Wildman–Crippen LogP) is -0.804. The average molecular weight is 296 g/mol. The van der Waals surface area contributed by atoms with E-state index >= 15 is 0 Å². The molecule has 10 heteroatoms. The lowest BCUT2D eigenvalue weighted by molar-refractivity contribution is -0.139. The molecule has 0 saturated carbocycles. The molecule has 0 aliphatic carbocycles. The van der Waals surface area contributed by atoms with Gasteiger partial charge < -0.3 is 14.9 Å². The second kappa shape index (κ2) is 5.04. The number of alkyl halides is 3. The van der Waals surface area contributed by atoms with Crippen molar-refractivity contribution in [2.75, 3.05) is 6.61 Å². The minimum Gasteiger partial charge on any atom is -0.394 e. The van der Waals surface area contributed by atoms with Crippen molar-refractivity contribution < 1.29 is 28.1 Å². The number of hydrogen-bond donors (Lipinski definition) is 3. The molecule has 2 heterocycles. The third-order valence-corrected chi connectivity index (χ3v) is 2.97. The Morgan fingerprint density at radius 2 is 2.10 bits per heavy atom. The van der Waals surface area contributed by atoms with Crippen LogP contribution in [0.25, 0.3) is 0 Å². The maximum absolute atomic E-state index is 12.6. The standard InChI is InChI=1S/C10H11F3N2O5/c11-10(12,13)4-2-15(9(19)14-8(4)18)7-1-5(17)6(3-16)20-7/h2,5-7,16-17H,1,3H2,(H,14,18,19)/t5-,6+,7-/m1/s1. The van der Waals surface area contributed by atoms with Gasteiger partial charge in [0.25, 0.3) is 5.56 Å². The van der Waals surface area contributed by atoms with Crippen molar-refractivity contribution in [3.05, 3.63) is 32.6 Å². The summed E-state index contributed by atoms with van der Waals surface area (Å²) in [7, 11) is 0. The maximum atomic E-state index is 12.6. The minimum atomic E-state index is -4.92. The number of aromatic nitrogens is 2. The van der Waals surface area contributed by atoms with Crippen molar-refractivity contribution in [1.82, 2.24) is 9.55 Å². The van der Waals surface area contributed by atoms with Gasteiger partial charge in [0.15, 0.2) is 0 Å². The van der Waals surface area contributed by atoms with Gasteiger partial charge in [-0.2, -0.15) is 13.2 Å². The topological polar surface area (TPSA) is 105 Å². The molecule has 1 aromatic heterocycles. The number of H-pyrrole nitrogens is 1. The summed E-state index contributed by atoms with van der Waals surface area (Å²) in [6, 6.07) is 0. The van der Waals surface area contributed by atoms with Crippen LogP contribution in [0.15, 0.2) is 15.8 Å². The van der Waals surface area contributed by atoms with Crippen molar-refractivity contribution in [2.24, 2.45) is 0 Å². The van der Waals surface area contributed by atoms with Crippen molar-refractivity contribution in [2.45, 2.75) is 31.0 Å². The molecule has 1 fully saturated rings. The van der Waals surface area contributed by atoms with Gasteiger partial charge in [-0.1, -0.05) is 0 Å². The molecule has 20 heavy (non-hydrogen) atoms. The first-order valence-electron chi connectivity index (χ1n) is 5.61. The lowest BCUT2D eigenvalue weighted by atomic mass is 10.2. The summed E-state index contributed by atoms with van der Waals surface area (Å²) in [6.07, 6.45) is -8.04. The highest BCUT2D eigenvalue weighted by atomic mass is 19.4. The molecular formula is C10H11F3N2O5. The Balaban J connectivity index is 2.43. The van der Waals surface area contributed by atoms with E-state index in [0.717, 1.165) is 0 Å². The van der Waals surface area contributed by atoms with Gasteiger partial charge in [-0.15, -0.1) is 0 Å². The van der Waals surface area contributed by atoms with Crippen LogP contribution in [0.5, 0.6) is 0 Å². The lowest BCUT2D eigenvalue weighted by Gasteiger charge is -2.16. The third kappa shape index (κ3) is 2.62. The van der Waals surface area contributed by atoms with Crippen molar-refractivity contribution in [1.29, 1.82) is 0 Å². The molecule has 2 rings (SSSR count). The number of aliphatic hydroxyl groups is 2. The third-order valence-electron chi connectivity index (χ3n) is 2.97. The van der Waals surface area contributed by atoms with Crippen LogP contribution in [-0.4, -0.2) is 38.6 Å². The fraction of sp³-hybridized carbons (Fsp3) is 0.600. The number of aliphatic hydroxyl groups excluding tert-OH is 2. The summed E-state index contributed by atoms with van der Waals surface area (Å²) >= 11 is 0. The van der Waals surface area contributed by atoms with E-state index in [1.54, 1.807) is 4.98 Å². The molecule has 1 saturated heterocycles. The van der Waals surface area contributed by atoms with Gasteiger partial charge in [0.05, 0.1) is 12.7 Å². The number of rotatable bonds is 2. The molecule has 112 valence electrons. The minimum absolute atomic E-state index is 0.172. The Kier molecular flexibility index (Phi) is 3.71. The summed E-state index contributed by atoms with van der Waals surface area (Å²) in [6.45, 7) is -0.540. The first-order chi connectivity index (χ1) is 9.24. The lowest BCUT2D eigenvalue weighted by Crippen LogP contribution is -2.36. The van der Waals surface area contributed by atoms with Crippen LogP contribution in [0.4, 0.5) is 13.2 Å². The van der Waals surface area contributed by atoms with Crippen LogP contribution in [-0.2, 0) is 10.9 Å². The summed E-state index contributed by atoms with van der Waals surface area (Å²) in [4.78, 5) is 24.2. The van der Waals surface area contributed by atoms with Gasteiger partial charge in [-0.25, -0.2) is 4.79 Å². The molecule has 0 bridgehead atoms. The summed E-state index contributed by atoms with van der Waals surface area (Å²) in [5, 5.41) is 18.4. The van der Waals surface area contributed by atoms with E-state index in [2.05, 4.69) is 0 Å². The largest absolute Gasteiger partial charge is 0.423 e. The van der Waals surface area contributed by atoms with E-state index in [0.29, 0.717) is 10.8 Å². The first-order valence-corrected chi connectivity index (χ1v) is 5.61. The van der Waals surface area contributed by atoms with Crippen molar-refractivity contribution >= 4 is 0 Å². The summed E-state index contributed by atoms with van der Waals surface area (Å²) < 4.78 is 43.4. The SMILES string of the molecule is O=c1[nH]c(=O)n([C@H]2C[C@@H](O)[C@H](CO)O2)cc1C(F)(F)F. The fourth-order valence-electron chi connectivity index (χ4n) is 1.95. The smallest absolute Gasteiger partial charge is 0.394 e. The van der Waals surface area contributed by atoms with Gasteiger partial charge >= 0.3 is 11.9 Å². The number of hydrogen-bond acceptors (Lipinski definition) is 5. The molecule has 0 radical (unpaired) electrons. The van der Waals surface area contributed by atoms with E-state index < -0.39 is 48.0 Å². The summed E-state index contributed by atoms with van der Waals surface area (Å²) in [5.74, 6) is 0. The van der Waals surface area contributed by atoms with Gasteiger partial charge in [0.2, 0.25) is 0 Å². The highest BCUT2D eigenvalue weighted by molar-refractivity contribution is 5.09. The molecule has 1 aliphatic heterocycles. The van der Waals surface area contributed by atoms with Gasteiger partial charge in [0.1, 0.15) is 17.9 Å². The van der Waals surface area contributed by atoms with E-state index in [1.165, 1.54) is 0 Å². The first kappa shape index (κ1) is 14.8. The highest BCUT2D eigenvalue weighted by Crippen LogP contribution is 2.30. The highest BCUT2D eigenvalue weighted by Gasteiger charge is 2.38. The average Bonchev–Trinajstić information content (AvgIpc) is 2.68. The zero-order valence-corrected chi connectivity index (χ0v) is 9.92. The zero-order chi connectivity index (χ0) is 15.1. The Labute approximate surface area is 109 Å². The van der Waals surface area contributed by atoms with Crippen LogP contribution < -0.4 is 11.2 Å². The van der Waals surface area contributed by atoms with Gasteiger partial charge in [-0.3, -0.25) is 14.3 Å². The quantitative estimate of drug-likeness (QED) is 0.662. The Morgan fingerprint density at radius 3 is 2.60 bits per heavy atom. The van der Waals surface area contributed by atoms with Gasteiger partial charge in [-0.05, 0) is 0 Å². The van der Waals surface area contributed by atoms with Crippen molar-refractivity contribution in [3.8, 4) is 0 Å². The van der Waals surface area contributed by atoms with Crippen molar-refractivity contribution in [3.63, 3.8) is 0 Å². The van der Waals surface area contributed by atoms with Crippen LogP contribution in [0.1, 0.15) is 18.2 Å². The number of halogens is 3. The van der Waals surface area contributed by atoms with E-state index in [4.69, 9.17) is 9.84 Å². The number of nitrogens with zero attached hydrogens (tertiary/aromatic N) is 1. The van der Waals surface area contributed by atoms with E-state index in [9.17, 15) is 27.9 Å². The van der Waals surface area contributed by atoms with Crippen LogP contribution >= 0.6 is 0 Å². The molecule has 7 nitrogen and oxygen atoms in total. The summed E-state index contributed by atoms with van der Waals surface area (Å²) in [5.41, 5.74) is -4.17. The second-order valence-corrected chi connectivity index (χ2v) is 4.32. The van der Waals surface area contributed by atoms with E-state index in [1.807, 2.05) is 0 Å². The molecular weight excluding hydrogens is 285 g/mol. The molecule has 3 atom stereocenters. The predicted molar refractivity (Wildman–Crippen MR) is 57.9 cm³/mol. The van der Waals surface area contributed by atoms with Crippen LogP contribution in [0.2, 0.25) is 0 Å². The molecule has 0 spiro atoms. The zero-order valence-electron chi connectivity index (χ0n) is 9.92. The molecule has 3 N–H and O–H groups in total. The molecule has 0 aromatic carbocycles. The Hall–Kier alpha value is -1.65. The molecule has 0 amide bonds. The van der Waals surface area contributed by atoms with E-state index in [-0.39, 0.29) is 6.42 Å². The molecule has 1 aromatic rings. The number of nitrogens with one attached hydrogen (secondary N) is 1. The fourth-order valence-corrected chi connectivity index (χ4v) is 1.95. The molecule has 0 unspecified atom stereocenters. The maximum Gasteiger partial charge on any atom is 0.423 e. The van der Waals surface area contributed by atoms with Crippen LogP contribution in [0.3, 0.4) is 0 Å². The molecule has 1 aliphatic rings. The second-order valence-electron chi connectivity index (χ2n) is 4.32. The monoisotopic (exact) mass is 296 g/mol.